The largest absolute Gasteiger partial charge is 0.453 e. The molecule has 11 heteroatoms. The highest BCUT2D eigenvalue weighted by molar-refractivity contribution is 5.86. The zero-order chi connectivity index (χ0) is 20.6. The number of hydrogen-bond acceptors (Lipinski definition) is 10. The summed E-state index contributed by atoms with van der Waals surface area (Å²) in [5, 5.41) is 6.97. The van der Waals surface area contributed by atoms with Crippen molar-refractivity contribution in [2.45, 2.75) is 13.2 Å². The van der Waals surface area contributed by atoms with Crippen LogP contribution < -0.4 is 16.6 Å². The lowest BCUT2D eigenvalue weighted by molar-refractivity contribution is 0.0451. The monoisotopic (exact) mass is 397 g/mol. The average molecular weight is 397 g/mol. The zero-order valence-electron chi connectivity index (χ0n) is 15.6. The van der Waals surface area contributed by atoms with Gasteiger partial charge in [0, 0.05) is 18.9 Å². The number of nitrogens with two attached hydrogens (primary N) is 1. The lowest BCUT2D eigenvalue weighted by Gasteiger charge is -2.08. The third-order valence-electron chi connectivity index (χ3n) is 3.64. The molecule has 29 heavy (non-hydrogen) atoms. The summed E-state index contributed by atoms with van der Waals surface area (Å²) < 4.78 is 11.2. The maximum Gasteiger partial charge on any atom is 0.359 e. The number of carbonyl (C=O) groups excluding carboxylic acids is 1. The van der Waals surface area contributed by atoms with Crippen LogP contribution >= 0.6 is 0 Å². The molecule has 0 aliphatic rings. The fourth-order valence-corrected chi connectivity index (χ4v) is 2.31. The van der Waals surface area contributed by atoms with E-state index in [0.717, 1.165) is 10.4 Å². The van der Waals surface area contributed by atoms with Crippen molar-refractivity contribution in [1.82, 2.24) is 24.7 Å². The first-order valence-electron chi connectivity index (χ1n) is 8.62. The van der Waals surface area contributed by atoms with Crippen LogP contribution in [0.2, 0.25) is 0 Å². The molecule has 3 rings (SSSR count). The molecule has 0 aliphatic carbocycles. The van der Waals surface area contributed by atoms with E-state index >= 15 is 0 Å². The van der Waals surface area contributed by atoms with E-state index in [1.165, 1.54) is 19.2 Å². The number of methoxy groups -OCH3 is 1. The van der Waals surface area contributed by atoms with Crippen LogP contribution in [-0.2, 0) is 22.6 Å². The maximum absolute atomic E-state index is 12.3. The molecule has 0 fully saturated rings. The number of hydrogen-bond donors (Lipinski definition) is 2. The number of anilines is 3. The van der Waals surface area contributed by atoms with Crippen LogP contribution in [0, 0.1) is 0 Å². The number of esters is 1. The minimum absolute atomic E-state index is 0.0179. The molecule has 0 amide bonds. The SMILES string of the molecule is COCCn1nc(C(=O)OCc2nc(N)nc(Nc3ccccc3)n2)ccc1=O. The molecule has 0 aliphatic heterocycles. The Balaban J connectivity index is 1.68. The van der Waals surface area contributed by atoms with Crippen LogP contribution in [0.1, 0.15) is 16.3 Å². The fraction of sp³-hybridized carbons (Fsp3) is 0.222. The molecule has 2 aromatic heterocycles. The van der Waals surface area contributed by atoms with Gasteiger partial charge in [0.2, 0.25) is 11.9 Å². The van der Waals surface area contributed by atoms with Crippen LogP contribution in [0.5, 0.6) is 0 Å². The quantitative estimate of drug-likeness (QED) is 0.522. The Bertz CT molecular complexity index is 1040. The molecule has 150 valence electrons. The Kier molecular flexibility index (Phi) is 6.43. The summed E-state index contributed by atoms with van der Waals surface area (Å²) >= 11 is 0. The first kappa shape index (κ1) is 19.9. The third-order valence-corrected chi connectivity index (χ3v) is 3.64. The number of ether oxygens (including phenoxy) is 2. The van der Waals surface area contributed by atoms with Crippen molar-refractivity contribution in [2.75, 3.05) is 24.8 Å². The van der Waals surface area contributed by atoms with Gasteiger partial charge in [-0.3, -0.25) is 4.79 Å². The molecule has 0 bridgehead atoms. The highest BCUT2D eigenvalue weighted by Gasteiger charge is 2.13. The summed E-state index contributed by atoms with van der Waals surface area (Å²) in [7, 11) is 1.50. The fourth-order valence-electron chi connectivity index (χ4n) is 2.31. The molecular formula is C18H19N7O4. The second-order valence-corrected chi connectivity index (χ2v) is 5.77. The van der Waals surface area contributed by atoms with Crippen molar-refractivity contribution in [1.29, 1.82) is 0 Å². The second-order valence-electron chi connectivity index (χ2n) is 5.77. The zero-order valence-corrected chi connectivity index (χ0v) is 15.6. The van der Waals surface area contributed by atoms with Gasteiger partial charge in [-0.05, 0) is 18.2 Å². The molecule has 0 spiro atoms. The first-order chi connectivity index (χ1) is 14.0. The van der Waals surface area contributed by atoms with Crippen LogP contribution in [0.4, 0.5) is 17.6 Å². The van der Waals surface area contributed by atoms with Crippen molar-refractivity contribution in [2.24, 2.45) is 0 Å². The van der Waals surface area contributed by atoms with E-state index < -0.39 is 5.97 Å². The molecule has 0 radical (unpaired) electrons. The molecule has 2 heterocycles. The van der Waals surface area contributed by atoms with Gasteiger partial charge in [0.25, 0.3) is 5.56 Å². The van der Waals surface area contributed by atoms with Crippen molar-refractivity contribution >= 4 is 23.6 Å². The van der Waals surface area contributed by atoms with E-state index in [1.807, 2.05) is 30.3 Å². The lowest BCUT2D eigenvalue weighted by Crippen LogP contribution is -2.26. The van der Waals surface area contributed by atoms with Gasteiger partial charge in [-0.1, -0.05) is 18.2 Å². The number of nitrogens with one attached hydrogen (secondary N) is 1. The normalized spacial score (nSPS) is 10.5. The van der Waals surface area contributed by atoms with Gasteiger partial charge in [-0.25, -0.2) is 9.48 Å². The van der Waals surface area contributed by atoms with Gasteiger partial charge in [0.05, 0.1) is 13.2 Å². The first-order valence-corrected chi connectivity index (χ1v) is 8.62. The van der Waals surface area contributed by atoms with Crippen molar-refractivity contribution in [3.63, 3.8) is 0 Å². The molecule has 0 unspecified atom stereocenters. The minimum Gasteiger partial charge on any atom is -0.453 e. The predicted octanol–water partition coefficient (Wildman–Crippen LogP) is 0.757. The van der Waals surface area contributed by atoms with Crippen molar-refractivity contribution in [3.05, 3.63) is 64.3 Å². The van der Waals surface area contributed by atoms with Gasteiger partial charge in [0.1, 0.15) is 0 Å². The van der Waals surface area contributed by atoms with E-state index in [-0.39, 0.29) is 48.7 Å². The van der Waals surface area contributed by atoms with E-state index in [1.54, 1.807) is 0 Å². The Hall–Kier alpha value is -3.86. The summed E-state index contributed by atoms with van der Waals surface area (Å²) in [4.78, 5) is 36.2. The molecule has 0 saturated heterocycles. The van der Waals surface area contributed by atoms with Crippen LogP contribution in [0.15, 0.2) is 47.3 Å². The van der Waals surface area contributed by atoms with Gasteiger partial charge in [0.15, 0.2) is 18.1 Å². The predicted molar refractivity (Wildman–Crippen MR) is 103 cm³/mol. The Labute approximate surface area is 165 Å². The number of para-hydroxylation sites is 1. The number of carbonyl (C=O) groups is 1. The summed E-state index contributed by atoms with van der Waals surface area (Å²) in [5.41, 5.74) is 6.11. The second kappa shape index (κ2) is 9.37. The standard InChI is InChI=1S/C18H19N7O4/c1-28-10-9-25-15(26)8-7-13(24-25)16(27)29-11-14-21-17(19)23-18(22-14)20-12-5-3-2-4-6-12/h2-8H,9-11H2,1H3,(H3,19,20,21,22,23). The van der Waals surface area contributed by atoms with E-state index in [0.29, 0.717) is 0 Å². The van der Waals surface area contributed by atoms with Crippen LogP contribution in [-0.4, -0.2) is 44.4 Å². The molecule has 3 aromatic rings. The summed E-state index contributed by atoms with van der Waals surface area (Å²) in [5.74, 6) is -0.360. The van der Waals surface area contributed by atoms with Crippen LogP contribution in [0.25, 0.3) is 0 Å². The average Bonchev–Trinajstić information content (AvgIpc) is 2.72. The number of benzene rings is 1. The van der Waals surface area contributed by atoms with Gasteiger partial charge >= 0.3 is 5.97 Å². The van der Waals surface area contributed by atoms with E-state index in [2.05, 4.69) is 25.4 Å². The van der Waals surface area contributed by atoms with E-state index in [9.17, 15) is 9.59 Å². The maximum atomic E-state index is 12.3. The molecule has 0 atom stereocenters. The number of aromatic nitrogens is 5. The van der Waals surface area contributed by atoms with Gasteiger partial charge in [-0.2, -0.15) is 20.1 Å². The lowest BCUT2D eigenvalue weighted by atomic mass is 10.3. The third kappa shape index (κ3) is 5.56. The minimum atomic E-state index is -0.729. The Morgan fingerprint density at radius 2 is 1.93 bits per heavy atom. The molecular weight excluding hydrogens is 378 g/mol. The number of nitrogen functional groups attached to an aromatic ring is 1. The van der Waals surface area contributed by atoms with E-state index in [4.69, 9.17) is 15.2 Å². The smallest absolute Gasteiger partial charge is 0.359 e. The summed E-state index contributed by atoms with van der Waals surface area (Å²) in [6.45, 7) is 0.260. The van der Waals surface area contributed by atoms with Gasteiger partial charge in [-0.15, -0.1) is 0 Å². The topological polar surface area (TPSA) is 147 Å². The van der Waals surface area contributed by atoms with Gasteiger partial charge < -0.3 is 20.5 Å². The molecule has 3 N–H and O–H groups in total. The number of nitrogens with zero attached hydrogens (tertiary/aromatic N) is 5. The van der Waals surface area contributed by atoms with Crippen molar-refractivity contribution in [3.8, 4) is 0 Å². The summed E-state index contributed by atoms with van der Waals surface area (Å²) in [6, 6.07) is 11.8. The number of rotatable bonds is 8. The molecule has 1 aromatic carbocycles. The van der Waals surface area contributed by atoms with Crippen LogP contribution in [0.3, 0.4) is 0 Å². The molecule has 0 saturated carbocycles. The van der Waals surface area contributed by atoms with Crippen molar-refractivity contribution < 1.29 is 14.3 Å². The Morgan fingerprint density at radius 1 is 1.14 bits per heavy atom. The Morgan fingerprint density at radius 3 is 2.69 bits per heavy atom. The molecule has 11 nitrogen and oxygen atoms in total. The highest BCUT2D eigenvalue weighted by Crippen LogP contribution is 2.13. The highest BCUT2D eigenvalue weighted by atomic mass is 16.5. The summed E-state index contributed by atoms with van der Waals surface area (Å²) in [6.07, 6.45) is 0.